The number of furan rings is 1. The average Bonchev–Trinajstić information content (AvgIpc) is 3.18. The van der Waals surface area contributed by atoms with Gasteiger partial charge in [0.15, 0.2) is 11.8 Å². The van der Waals surface area contributed by atoms with Crippen molar-refractivity contribution in [3.8, 4) is 0 Å². The molecule has 1 amide bonds. The molecule has 0 radical (unpaired) electrons. The quantitative estimate of drug-likeness (QED) is 0.682. The SMILES string of the molecule is Cc1ccc(NC(=O)[C@H]([NH2+][C@@H](C)c2ccco2)c2ccccc2)cc1Cl. The van der Waals surface area contributed by atoms with Gasteiger partial charge in [-0.15, -0.1) is 0 Å². The van der Waals surface area contributed by atoms with E-state index in [1.165, 1.54) is 0 Å². The summed E-state index contributed by atoms with van der Waals surface area (Å²) >= 11 is 6.17. The summed E-state index contributed by atoms with van der Waals surface area (Å²) in [5.74, 6) is 0.728. The molecule has 0 fully saturated rings. The van der Waals surface area contributed by atoms with Gasteiger partial charge in [-0.2, -0.15) is 0 Å². The minimum Gasteiger partial charge on any atom is -0.463 e. The summed E-state index contributed by atoms with van der Waals surface area (Å²) in [7, 11) is 0. The fourth-order valence-electron chi connectivity index (χ4n) is 2.83. The number of quaternary nitrogens is 1. The Kier molecular flexibility index (Phi) is 5.76. The Morgan fingerprint density at radius 1 is 1.12 bits per heavy atom. The summed E-state index contributed by atoms with van der Waals surface area (Å²) in [6.45, 7) is 3.95. The molecule has 0 aliphatic heterocycles. The predicted octanol–water partition coefficient (Wildman–Crippen LogP) is 4.25. The van der Waals surface area contributed by atoms with E-state index in [4.69, 9.17) is 16.0 Å². The number of hydrogen-bond donors (Lipinski definition) is 2. The van der Waals surface area contributed by atoms with Crippen molar-refractivity contribution < 1.29 is 14.5 Å². The van der Waals surface area contributed by atoms with Gasteiger partial charge in [0.25, 0.3) is 5.91 Å². The number of nitrogens with one attached hydrogen (secondary N) is 1. The third-order valence-corrected chi connectivity index (χ3v) is 4.76. The van der Waals surface area contributed by atoms with E-state index >= 15 is 0 Å². The first-order valence-corrected chi connectivity index (χ1v) is 8.92. The van der Waals surface area contributed by atoms with Crippen molar-refractivity contribution >= 4 is 23.2 Å². The fourth-order valence-corrected chi connectivity index (χ4v) is 3.02. The van der Waals surface area contributed by atoms with Crippen LogP contribution in [0.2, 0.25) is 5.02 Å². The molecule has 134 valence electrons. The molecule has 0 saturated carbocycles. The van der Waals surface area contributed by atoms with Gasteiger partial charge >= 0.3 is 0 Å². The number of halogens is 1. The van der Waals surface area contributed by atoms with Gasteiger partial charge in [0.2, 0.25) is 0 Å². The third-order valence-electron chi connectivity index (χ3n) is 4.35. The Bertz CT molecular complexity index is 863. The zero-order valence-electron chi connectivity index (χ0n) is 14.8. The lowest BCUT2D eigenvalue weighted by atomic mass is 10.0. The molecule has 0 bridgehead atoms. The normalized spacial score (nSPS) is 13.2. The van der Waals surface area contributed by atoms with Gasteiger partial charge in [0.1, 0.15) is 6.04 Å². The van der Waals surface area contributed by atoms with E-state index < -0.39 is 6.04 Å². The van der Waals surface area contributed by atoms with Crippen LogP contribution in [0, 0.1) is 6.92 Å². The molecule has 0 saturated heterocycles. The van der Waals surface area contributed by atoms with Crippen LogP contribution in [0.4, 0.5) is 5.69 Å². The zero-order valence-corrected chi connectivity index (χ0v) is 15.5. The van der Waals surface area contributed by atoms with E-state index in [1.54, 1.807) is 12.3 Å². The monoisotopic (exact) mass is 369 g/mol. The molecule has 0 aliphatic rings. The predicted molar refractivity (Wildman–Crippen MR) is 103 cm³/mol. The van der Waals surface area contributed by atoms with Crippen molar-refractivity contribution in [3.05, 3.63) is 88.8 Å². The molecule has 3 aromatic rings. The third kappa shape index (κ3) is 4.34. The number of aryl methyl sites for hydroxylation is 1. The number of anilines is 1. The number of amides is 1. The summed E-state index contributed by atoms with van der Waals surface area (Å²) in [6, 6.07) is 18.6. The molecular formula is C21H22ClN2O2+. The van der Waals surface area contributed by atoms with Gasteiger partial charge in [-0.1, -0.05) is 48.0 Å². The first kappa shape index (κ1) is 18.2. The van der Waals surface area contributed by atoms with Crippen molar-refractivity contribution in [3.63, 3.8) is 0 Å². The van der Waals surface area contributed by atoms with E-state index in [0.29, 0.717) is 10.7 Å². The van der Waals surface area contributed by atoms with Crippen LogP contribution in [0.3, 0.4) is 0 Å². The summed E-state index contributed by atoms with van der Waals surface area (Å²) in [6.07, 6.45) is 1.64. The maximum Gasteiger partial charge on any atom is 0.287 e. The molecule has 0 spiro atoms. The van der Waals surface area contributed by atoms with Crippen LogP contribution < -0.4 is 10.6 Å². The number of hydrogen-bond acceptors (Lipinski definition) is 2. The highest BCUT2D eigenvalue weighted by atomic mass is 35.5. The smallest absolute Gasteiger partial charge is 0.287 e. The highest BCUT2D eigenvalue weighted by molar-refractivity contribution is 6.31. The van der Waals surface area contributed by atoms with E-state index in [9.17, 15) is 4.79 Å². The maximum atomic E-state index is 13.0. The minimum absolute atomic E-state index is 0.00237. The van der Waals surface area contributed by atoms with Crippen molar-refractivity contribution in [2.75, 3.05) is 5.32 Å². The van der Waals surface area contributed by atoms with Crippen LogP contribution in [0.1, 0.15) is 35.9 Å². The molecule has 26 heavy (non-hydrogen) atoms. The maximum absolute atomic E-state index is 13.0. The highest BCUT2D eigenvalue weighted by Gasteiger charge is 2.28. The molecule has 2 atom stereocenters. The molecule has 1 aromatic heterocycles. The van der Waals surface area contributed by atoms with E-state index in [2.05, 4.69) is 5.32 Å². The van der Waals surface area contributed by atoms with Crippen molar-refractivity contribution in [2.24, 2.45) is 0 Å². The number of carbonyl (C=O) groups is 1. The Morgan fingerprint density at radius 2 is 1.88 bits per heavy atom. The highest BCUT2D eigenvalue weighted by Crippen LogP contribution is 2.21. The number of rotatable bonds is 6. The molecular weight excluding hydrogens is 348 g/mol. The molecule has 4 nitrogen and oxygen atoms in total. The van der Waals surface area contributed by atoms with E-state index in [1.807, 2.05) is 73.8 Å². The van der Waals surface area contributed by atoms with Crippen LogP contribution in [0.25, 0.3) is 0 Å². The Morgan fingerprint density at radius 3 is 2.54 bits per heavy atom. The Labute approximate surface area is 158 Å². The van der Waals surface area contributed by atoms with Gasteiger partial charge < -0.3 is 15.1 Å². The lowest BCUT2D eigenvalue weighted by Gasteiger charge is -2.19. The van der Waals surface area contributed by atoms with Crippen molar-refractivity contribution in [2.45, 2.75) is 25.9 Å². The van der Waals surface area contributed by atoms with E-state index in [0.717, 1.165) is 16.9 Å². The summed E-state index contributed by atoms with van der Waals surface area (Å²) in [5, 5.41) is 5.60. The van der Waals surface area contributed by atoms with Crippen molar-refractivity contribution in [1.29, 1.82) is 0 Å². The molecule has 2 aromatic carbocycles. The first-order valence-electron chi connectivity index (χ1n) is 8.55. The van der Waals surface area contributed by atoms with Gasteiger partial charge in [0, 0.05) is 16.3 Å². The number of nitrogens with two attached hydrogens (primary N) is 1. The lowest BCUT2D eigenvalue weighted by molar-refractivity contribution is -0.720. The zero-order chi connectivity index (χ0) is 18.5. The minimum atomic E-state index is -0.406. The fraction of sp³-hybridized carbons (Fsp3) is 0.190. The first-order chi connectivity index (χ1) is 12.5. The molecule has 5 heteroatoms. The molecule has 0 unspecified atom stereocenters. The second kappa shape index (κ2) is 8.21. The van der Waals surface area contributed by atoms with Gasteiger partial charge in [-0.3, -0.25) is 4.79 Å². The van der Waals surface area contributed by atoms with Gasteiger partial charge in [-0.25, -0.2) is 0 Å². The lowest BCUT2D eigenvalue weighted by Crippen LogP contribution is -2.87. The molecule has 3 N–H and O–H groups in total. The number of benzene rings is 2. The average molecular weight is 370 g/mol. The standard InChI is InChI=1S/C21H21ClN2O2/c1-14-10-11-17(13-18(14)22)24-21(25)20(16-7-4-3-5-8-16)23-15(2)19-9-6-12-26-19/h3-13,15,20,23H,1-2H3,(H,24,25)/p+1/t15-,20+/m0/s1. The topological polar surface area (TPSA) is 58.9 Å². The second-order valence-corrected chi connectivity index (χ2v) is 6.75. The van der Waals surface area contributed by atoms with Crippen LogP contribution in [-0.4, -0.2) is 5.91 Å². The number of carbonyl (C=O) groups excluding carboxylic acids is 1. The second-order valence-electron chi connectivity index (χ2n) is 6.34. The molecule has 1 heterocycles. The summed E-state index contributed by atoms with van der Waals surface area (Å²) < 4.78 is 5.48. The molecule has 3 rings (SSSR count). The van der Waals surface area contributed by atoms with E-state index in [-0.39, 0.29) is 11.9 Å². The van der Waals surface area contributed by atoms with Crippen LogP contribution in [0.15, 0.2) is 71.3 Å². The van der Waals surface area contributed by atoms with Crippen LogP contribution in [0.5, 0.6) is 0 Å². The largest absolute Gasteiger partial charge is 0.463 e. The van der Waals surface area contributed by atoms with Crippen molar-refractivity contribution in [1.82, 2.24) is 0 Å². The van der Waals surface area contributed by atoms with Crippen LogP contribution in [-0.2, 0) is 4.79 Å². The molecule has 0 aliphatic carbocycles. The van der Waals surface area contributed by atoms with Gasteiger partial charge in [-0.05, 0) is 43.7 Å². The van der Waals surface area contributed by atoms with Gasteiger partial charge in [0.05, 0.1) is 6.26 Å². The summed E-state index contributed by atoms with van der Waals surface area (Å²) in [5.41, 5.74) is 2.59. The van der Waals surface area contributed by atoms with Crippen LogP contribution >= 0.6 is 11.6 Å². The Balaban J connectivity index is 1.82. The summed E-state index contributed by atoms with van der Waals surface area (Å²) in [4.78, 5) is 13.0. The Hall–Kier alpha value is -2.56.